The van der Waals surface area contributed by atoms with E-state index in [-0.39, 0.29) is 57.2 Å². The topological polar surface area (TPSA) is 34.1 Å². The van der Waals surface area contributed by atoms with Gasteiger partial charge in [-0.3, -0.25) is 0 Å². The molecule has 0 spiro atoms. The van der Waals surface area contributed by atoms with Crippen LogP contribution in [0.2, 0.25) is 0 Å². The average molecular weight is 202 g/mol. The molecule has 0 amide bonds. The SMILES string of the molecule is CC(C)=O.O=[C-]c1ccccc1.[K+]. The van der Waals surface area contributed by atoms with Crippen molar-refractivity contribution < 1.29 is 61.0 Å². The molecule has 0 atom stereocenters. The number of ketones is 1. The Morgan fingerprint density at radius 2 is 1.54 bits per heavy atom. The molecule has 0 fully saturated rings. The first-order valence-electron chi connectivity index (χ1n) is 3.57. The van der Waals surface area contributed by atoms with Crippen molar-refractivity contribution >= 4 is 12.1 Å². The molecule has 1 aromatic rings. The first kappa shape index (κ1) is 15.7. The van der Waals surface area contributed by atoms with E-state index in [1.54, 1.807) is 30.6 Å². The third kappa shape index (κ3) is 12.2. The van der Waals surface area contributed by atoms with Crippen molar-refractivity contribution in [3.8, 4) is 0 Å². The fourth-order valence-corrected chi connectivity index (χ4v) is 0.506. The van der Waals surface area contributed by atoms with Gasteiger partial charge in [0.15, 0.2) is 0 Å². The third-order valence-corrected chi connectivity index (χ3v) is 0.892. The van der Waals surface area contributed by atoms with Crippen molar-refractivity contribution in [2.45, 2.75) is 13.8 Å². The van der Waals surface area contributed by atoms with E-state index in [1.807, 2.05) is 6.07 Å². The molecule has 1 rings (SSSR count). The summed E-state index contributed by atoms with van der Waals surface area (Å²) in [5.74, 6) is 0.167. The summed E-state index contributed by atoms with van der Waals surface area (Å²) in [5.41, 5.74) is 0.604. The van der Waals surface area contributed by atoms with Crippen molar-refractivity contribution in [1.82, 2.24) is 0 Å². The zero-order chi connectivity index (χ0) is 9.40. The number of carbonyl (C=O) groups is 1. The normalized spacial score (nSPS) is 7.23. The maximum atomic E-state index is 9.88. The van der Waals surface area contributed by atoms with Gasteiger partial charge >= 0.3 is 51.4 Å². The molecule has 0 aromatic heterocycles. The second-order valence-corrected chi connectivity index (χ2v) is 2.38. The van der Waals surface area contributed by atoms with Crippen LogP contribution in [0, 0.1) is 0 Å². The van der Waals surface area contributed by atoms with Crippen molar-refractivity contribution in [3.05, 3.63) is 35.9 Å². The van der Waals surface area contributed by atoms with E-state index < -0.39 is 0 Å². The fourth-order valence-electron chi connectivity index (χ4n) is 0.506. The summed E-state index contributed by atoms with van der Waals surface area (Å²) in [5, 5.41) is 0. The van der Waals surface area contributed by atoms with Crippen molar-refractivity contribution in [1.29, 1.82) is 0 Å². The first-order chi connectivity index (χ1) is 5.66. The molecule has 0 radical (unpaired) electrons. The molecule has 0 saturated carbocycles. The van der Waals surface area contributed by atoms with Crippen LogP contribution in [0.1, 0.15) is 19.4 Å². The molecule has 13 heavy (non-hydrogen) atoms. The molecular weight excluding hydrogens is 191 g/mol. The summed E-state index contributed by atoms with van der Waals surface area (Å²) < 4.78 is 0. The molecule has 0 saturated heterocycles. The summed E-state index contributed by atoms with van der Waals surface area (Å²) >= 11 is 0. The van der Waals surface area contributed by atoms with Gasteiger partial charge in [0.1, 0.15) is 5.78 Å². The molecule has 64 valence electrons. The van der Waals surface area contributed by atoms with Crippen molar-refractivity contribution in [2.75, 3.05) is 0 Å². The van der Waals surface area contributed by atoms with Gasteiger partial charge in [0.2, 0.25) is 0 Å². The number of rotatable bonds is 1. The maximum absolute atomic E-state index is 9.88. The van der Waals surface area contributed by atoms with Gasteiger partial charge in [-0.05, 0) is 13.8 Å². The van der Waals surface area contributed by atoms with Crippen LogP contribution in [-0.4, -0.2) is 12.1 Å². The van der Waals surface area contributed by atoms with Gasteiger partial charge in [0.05, 0.1) is 6.29 Å². The molecule has 2 nitrogen and oxygen atoms in total. The van der Waals surface area contributed by atoms with Gasteiger partial charge in [0.25, 0.3) is 0 Å². The summed E-state index contributed by atoms with van der Waals surface area (Å²) in [4.78, 5) is 19.3. The number of benzene rings is 1. The summed E-state index contributed by atoms with van der Waals surface area (Å²) in [7, 11) is 0. The molecule has 1 aromatic carbocycles. The number of hydrogen-bond donors (Lipinski definition) is 0. The molecule has 3 heteroatoms. The Balaban J connectivity index is 0. The van der Waals surface area contributed by atoms with Crippen molar-refractivity contribution in [2.24, 2.45) is 0 Å². The molecule has 0 bridgehead atoms. The van der Waals surface area contributed by atoms with Crippen LogP contribution in [-0.2, 0) is 9.59 Å². The summed E-state index contributed by atoms with van der Waals surface area (Å²) in [6.07, 6.45) is 1.78. The maximum Gasteiger partial charge on any atom is 1.00 e. The Labute approximate surface area is 121 Å². The van der Waals surface area contributed by atoms with E-state index in [9.17, 15) is 9.59 Å². The van der Waals surface area contributed by atoms with Crippen LogP contribution in [0.25, 0.3) is 0 Å². The number of carbonyl (C=O) groups excluding carboxylic acids is 2. The van der Waals surface area contributed by atoms with Crippen LogP contribution >= 0.6 is 0 Å². The Bertz CT molecular complexity index is 240. The molecule has 0 unspecified atom stereocenters. The largest absolute Gasteiger partial charge is 1.00 e. The predicted molar refractivity (Wildman–Crippen MR) is 47.6 cm³/mol. The minimum absolute atomic E-state index is 0. The zero-order valence-corrected chi connectivity index (χ0v) is 11.3. The van der Waals surface area contributed by atoms with Crippen molar-refractivity contribution in [3.63, 3.8) is 0 Å². The first-order valence-corrected chi connectivity index (χ1v) is 3.57. The van der Waals surface area contributed by atoms with Gasteiger partial charge in [0, 0.05) is 0 Å². The zero-order valence-electron chi connectivity index (χ0n) is 8.20. The Morgan fingerprint density at radius 3 is 1.77 bits per heavy atom. The predicted octanol–water partition coefficient (Wildman–Crippen LogP) is -1.26. The molecule has 0 aliphatic heterocycles. The Kier molecular flexibility index (Phi) is 12.4. The van der Waals surface area contributed by atoms with E-state index in [2.05, 4.69) is 0 Å². The quantitative estimate of drug-likeness (QED) is 0.421. The van der Waals surface area contributed by atoms with Gasteiger partial charge < -0.3 is 9.59 Å². The van der Waals surface area contributed by atoms with Gasteiger partial charge in [-0.2, -0.15) is 17.7 Å². The van der Waals surface area contributed by atoms with E-state index in [0.717, 1.165) is 0 Å². The molecule has 0 N–H and O–H groups in total. The summed E-state index contributed by atoms with van der Waals surface area (Å²) in [6.45, 7) is 3.06. The fraction of sp³-hybridized carbons (Fsp3) is 0.200. The van der Waals surface area contributed by atoms with Crippen LogP contribution in [0.5, 0.6) is 0 Å². The molecule has 0 aliphatic carbocycles. The monoisotopic (exact) mass is 202 g/mol. The Morgan fingerprint density at radius 1 is 1.15 bits per heavy atom. The summed E-state index contributed by atoms with van der Waals surface area (Å²) in [6, 6.07) is 8.90. The van der Waals surface area contributed by atoms with Crippen LogP contribution in [0.3, 0.4) is 0 Å². The molecule has 0 heterocycles. The van der Waals surface area contributed by atoms with Crippen LogP contribution in [0.15, 0.2) is 30.3 Å². The van der Waals surface area contributed by atoms with Gasteiger partial charge in [-0.15, -0.1) is 12.1 Å². The van der Waals surface area contributed by atoms with Gasteiger partial charge in [-0.25, -0.2) is 0 Å². The average Bonchev–Trinajstić information content (AvgIpc) is 2.05. The standard InChI is InChI=1S/C7H5O.C3H6O.K/c8-6-7-4-2-1-3-5-7;1-3(2)4;/h1-5H;1-2H3;/q-1;;+1. The Hall–Kier alpha value is 0.196. The third-order valence-electron chi connectivity index (χ3n) is 0.892. The molecular formula is C10H11KO2. The second-order valence-electron chi connectivity index (χ2n) is 2.38. The minimum Gasteiger partial charge on any atom is -0.376 e. The van der Waals surface area contributed by atoms with Crippen LogP contribution < -0.4 is 51.4 Å². The smallest absolute Gasteiger partial charge is 0.376 e. The van der Waals surface area contributed by atoms with E-state index in [1.165, 1.54) is 13.8 Å². The minimum atomic E-state index is 0. The van der Waals surface area contributed by atoms with Gasteiger partial charge in [-0.1, -0.05) is 6.07 Å². The number of hydrogen-bond acceptors (Lipinski definition) is 2. The van der Waals surface area contributed by atoms with E-state index >= 15 is 0 Å². The van der Waals surface area contributed by atoms with Crippen LogP contribution in [0.4, 0.5) is 0 Å². The van der Waals surface area contributed by atoms with E-state index in [0.29, 0.717) is 5.56 Å². The molecule has 0 aliphatic rings. The van der Waals surface area contributed by atoms with E-state index in [4.69, 9.17) is 0 Å². The number of Topliss-reactive ketones (excluding diaryl/α,β-unsaturated/α-hetero) is 1. The second kappa shape index (κ2) is 10.3.